The molecule has 0 amide bonds. The SMILES string of the molecule is COc1c(OC(F)F)cccc1[N+](=O)[O-]. The summed E-state index contributed by atoms with van der Waals surface area (Å²) in [6.45, 7) is -3.05. The molecule has 1 rings (SSSR count). The van der Waals surface area contributed by atoms with Gasteiger partial charge in [-0.3, -0.25) is 10.1 Å². The van der Waals surface area contributed by atoms with Gasteiger partial charge in [-0.05, 0) is 6.07 Å². The van der Waals surface area contributed by atoms with Crippen molar-refractivity contribution in [1.82, 2.24) is 0 Å². The Hall–Kier alpha value is -1.92. The molecular formula is C8H7F2NO4. The third kappa shape index (κ3) is 2.52. The molecule has 0 fully saturated rings. The number of alkyl halides is 2. The summed E-state index contributed by atoms with van der Waals surface area (Å²) in [5.74, 6) is -0.676. The number of hydrogen-bond donors (Lipinski definition) is 0. The molecule has 0 saturated heterocycles. The minimum atomic E-state index is -3.05. The van der Waals surface area contributed by atoms with E-state index in [9.17, 15) is 18.9 Å². The topological polar surface area (TPSA) is 61.6 Å². The van der Waals surface area contributed by atoms with Gasteiger partial charge in [-0.1, -0.05) is 6.07 Å². The van der Waals surface area contributed by atoms with Crippen LogP contribution in [-0.2, 0) is 0 Å². The summed E-state index contributed by atoms with van der Waals surface area (Å²) in [6, 6.07) is 3.54. The van der Waals surface area contributed by atoms with E-state index in [-0.39, 0.29) is 11.5 Å². The molecule has 15 heavy (non-hydrogen) atoms. The second kappa shape index (κ2) is 4.54. The highest BCUT2D eigenvalue weighted by molar-refractivity contribution is 5.55. The predicted octanol–water partition coefficient (Wildman–Crippen LogP) is 2.20. The second-order valence-electron chi connectivity index (χ2n) is 2.44. The van der Waals surface area contributed by atoms with Crippen LogP contribution >= 0.6 is 0 Å². The molecular weight excluding hydrogens is 212 g/mol. The maximum absolute atomic E-state index is 11.9. The fourth-order valence-corrected chi connectivity index (χ4v) is 1.04. The molecule has 5 nitrogen and oxygen atoms in total. The zero-order valence-electron chi connectivity index (χ0n) is 7.65. The number of hydrogen-bond acceptors (Lipinski definition) is 4. The molecule has 0 atom stereocenters. The van der Waals surface area contributed by atoms with Gasteiger partial charge in [-0.15, -0.1) is 0 Å². The van der Waals surface area contributed by atoms with Gasteiger partial charge < -0.3 is 9.47 Å². The van der Waals surface area contributed by atoms with Crippen molar-refractivity contribution < 1.29 is 23.2 Å². The van der Waals surface area contributed by atoms with Gasteiger partial charge in [-0.2, -0.15) is 8.78 Å². The molecule has 1 aromatic carbocycles. The number of ether oxygens (including phenoxy) is 2. The summed E-state index contributed by atoms with van der Waals surface area (Å²) in [5.41, 5.74) is -0.421. The lowest BCUT2D eigenvalue weighted by molar-refractivity contribution is -0.385. The van der Waals surface area contributed by atoms with Crippen molar-refractivity contribution in [2.45, 2.75) is 6.61 Å². The Bertz CT molecular complexity index is 370. The monoisotopic (exact) mass is 219 g/mol. The average Bonchev–Trinajstić information content (AvgIpc) is 2.16. The molecule has 0 aromatic heterocycles. The standard InChI is InChI=1S/C8H7F2NO4/c1-14-7-5(11(12)13)3-2-4-6(7)15-8(9)10/h2-4,8H,1H3. The molecule has 0 N–H and O–H groups in total. The highest BCUT2D eigenvalue weighted by Gasteiger charge is 2.21. The number of nitro groups is 1. The van der Waals surface area contributed by atoms with Crippen molar-refractivity contribution in [2.24, 2.45) is 0 Å². The summed E-state index contributed by atoms with van der Waals surface area (Å²) in [4.78, 5) is 9.76. The molecule has 0 spiro atoms. The lowest BCUT2D eigenvalue weighted by Gasteiger charge is -2.08. The first-order valence-corrected chi connectivity index (χ1v) is 3.82. The van der Waals surface area contributed by atoms with E-state index in [0.717, 1.165) is 19.2 Å². The zero-order valence-corrected chi connectivity index (χ0v) is 7.65. The van der Waals surface area contributed by atoms with Crippen LogP contribution in [0.4, 0.5) is 14.5 Å². The van der Waals surface area contributed by atoms with Crippen LogP contribution < -0.4 is 9.47 Å². The summed E-state index contributed by atoms with van der Waals surface area (Å²) in [7, 11) is 1.14. The van der Waals surface area contributed by atoms with Gasteiger partial charge >= 0.3 is 12.3 Å². The molecule has 0 saturated carbocycles. The average molecular weight is 219 g/mol. The smallest absolute Gasteiger partial charge is 0.387 e. The molecule has 82 valence electrons. The van der Waals surface area contributed by atoms with Crippen molar-refractivity contribution in [3.05, 3.63) is 28.3 Å². The lowest BCUT2D eigenvalue weighted by atomic mass is 10.3. The van der Waals surface area contributed by atoms with Crippen LogP contribution in [-0.4, -0.2) is 18.6 Å². The highest BCUT2D eigenvalue weighted by atomic mass is 19.3. The quantitative estimate of drug-likeness (QED) is 0.575. The van der Waals surface area contributed by atoms with Crippen LogP contribution in [0.3, 0.4) is 0 Å². The number of para-hydroxylation sites is 1. The van der Waals surface area contributed by atoms with E-state index < -0.39 is 17.2 Å². The number of rotatable bonds is 4. The lowest BCUT2D eigenvalue weighted by Crippen LogP contribution is -2.04. The number of methoxy groups -OCH3 is 1. The van der Waals surface area contributed by atoms with E-state index in [2.05, 4.69) is 9.47 Å². The molecule has 0 heterocycles. The fraction of sp³-hybridized carbons (Fsp3) is 0.250. The van der Waals surface area contributed by atoms with Gasteiger partial charge in [-0.25, -0.2) is 0 Å². The summed E-state index contributed by atoms with van der Waals surface area (Å²) < 4.78 is 32.5. The van der Waals surface area contributed by atoms with Crippen molar-refractivity contribution in [2.75, 3.05) is 7.11 Å². The summed E-state index contributed by atoms with van der Waals surface area (Å²) in [5, 5.41) is 10.5. The minimum Gasteiger partial charge on any atom is -0.488 e. The Kier molecular flexibility index (Phi) is 3.37. The second-order valence-corrected chi connectivity index (χ2v) is 2.44. The highest BCUT2D eigenvalue weighted by Crippen LogP contribution is 2.36. The van der Waals surface area contributed by atoms with Crippen molar-refractivity contribution in [3.63, 3.8) is 0 Å². The van der Waals surface area contributed by atoms with Crippen molar-refractivity contribution in [1.29, 1.82) is 0 Å². The van der Waals surface area contributed by atoms with E-state index in [1.54, 1.807) is 0 Å². The Morgan fingerprint density at radius 1 is 1.47 bits per heavy atom. The van der Waals surface area contributed by atoms with E-state index >= 15 is 0 Å². The maximum atomic E-state index is 11.9. The zero-order chi connectivity index (χ0) is 11.4. The first-order chi connectivity index (χ1) is 7.06. The molecule has 0 radical (unpaired) electrons. The number of halogens is 2. The van der Waals surface area contributed by atoms with Gasteiger partial charge in [0, 0.05) is 6.07 Å². The molecule has 0 aliphatic heterocycles. The number of benzene rings is 1. The Balaban J connectivity index is 3.16. The van der Waals surface area contributed by atoms with E-state index in [1.165, 1.54) is 6.07 Å². The number of nitro benzene ring substituents is 1. The Morgan fingerprint density at radius 3 is 2.60 bits per heavy atom. The van der Waals surface area contributed by atoms with E-state index in [0.29, 0.717) is 0 Å². The third-order valence-corrected chi connectivity index (χ3v) is 1.57. The molecule has 0 bridgehead atoms. The predicted molar refractivity (Wildman–Crippen MR) is 46.3 cm³/mol. The van der Waals surface area contributed by atoms with E-state index in [1.807, 2.05) is 0 Å². The molecule has 0 aliphatic rings. The van der Waals surface area contributed by atoms with Crippen LogP contribution in [0.25, 0.3) is 0 Å². The van der Waals surface area contributed by atoms with Gasteiger partial charge in [0.05, 0.1) is 12.0 Å². The molecule has 0 unspecified atom stereocenters. The summed E-state index contributed by atoms with van der Waals surface area (Å²) in [6.07, 6.45) is 0. The van der Waals surface area contributed by atoms with Crippen LogP contribution in [0.2, 0.25) is 0 Å². The Morgan fingerprint density at radius 2 is 2.13 bits per heavy atom. The van der Waals surface area contributed by atoms with E-state index in [4.69, 9.17) is 0 Å². The first-order valence-electron chi connectivity index (χ1n) is 3.82. The molecule has 0 aliphatic carbocycles. The normalized spacial score (nSPS) is 10.1. The van der Waals surface area contributed by atoms with Gasteiger partial charge in [0.2, 0.25) is 5.75 Å². The Labute approximate surface area is 83.4 Å². The molecule has 7 heteroatoms. The van der Waals surface area contributed by atoms with Gasteiger partial charge in [0.25, 0.3) is 0 Å². The van der Waals surface area contributed by atoms with Crippen LogP contribution in [0.5, 0.6) is 11.5 Å². The van der Waals surface area contributed by atoms with Crippen molar-refractivity contribution in [3.8, 4) is 11.5 Å². The van der Waals surface area contributed by atoms with Crippen molar-refractivity contribution >= 4 is 5.69 Å². The van der Waals surface area contributed by atoms with Crippen LogP contribution in [0, 0.1) is 10.1 Å². The third-order valence-electron chi connectivity index (χ3n) is 1.57. The van der Waals surface area contributed by atoms with Crippen LogP contribution in [0.1, 0.15) is 0 Å². The number of nitrogens with zero attached hydrogens (tertiary/aromatic N) is 1. The minimum absolute atomic E-state index is 0.317. The van der Waals surface area contributed by atoms with Crippen LogP contribution in [0.15, 0.2) is 18.2 Å². The largest absolute Gasteiger partial charge is 0.488 e. The van der Waals surface area contributed by atoms with Gasteiger partial charge in [0.1, 0.15) is 0 Å². The summed E-state index contributed by atoms with van der Waals surface area (Å²) >= 11 is 0. The van der Waals surface area contributed by atoms with Gasteiger partial charge in [0.15, 0.2) is 5.75 Å². The first kappa shape index (κ1) is 11.2. The fourth-order valence-electron chi connectivity index (χ4n) is 1.04. The maximum Gasteiger partial charge on any atom is 0.387 e. The molecule has 1 aromatic rings.